The molecule has 7 heteroatoms. The van der Waals surface area contributed by atoms with Crippen LogP contribution < -0.4 is 15.2 Å². The molecule has 5 nitrogen and oxygen atoms in total. The number of esters is 1. The first-order valence-corrected chi connectivity index (χ1v) is 5.13. The van der Waals surface area contributed by atoms with E-state index in [0.717, 1.165) is 0 Å². The van der Waals surface area contributed by atoms with E-state index in [1.165, 1.54) is 25.3 Å². The summed E-state index contributed by atoms with van der Waals surface area (Å²) in [6.45, 7) is 0. The van der Waals surface area contributed by atoms with Gasteiger partial charge in [-0.15, -0.1) is 8.78 Å². The van der Waals surface area contributed by atoms with Gasteiger partial charge in [-0.1, -0.05) is 6.07 Å². The summed E-state index contributed by atoms with van der Waals surface area (Å²) in [5.74, 6) is -0.692. The maximum atomic E-state index is 12.8. The molecule has 1 heterocycles. The van der Waals surface area contributed by atoms with Crippen LogP contribution >= 0.6 is 0 Å². The number of nitrogens with two attached hydrogens (primary N) is 1. The lowest BCUT2D eigenvalue weighted by Gasteiger charge is -2.09. The van der Waals surface area contributed by atoms with Crippen molar-refractivity contribution in [2.75, 3.05) is 7.11 Å². The molecule has 1 atom stereocenters. The third kappa shape index (κ3) is 2.51. The Morgan fingerprint density at radius 2 is 2.11 bits per heavy atom. The molecule has 1 aliphatic rings. The van der Waals surface area contributed by atoms with E-state index in [1.807, 2.05) is 0 Å². The van der Waals surface area contributed by atoms with Gasteiger partial charge in [0.1, 0.15) is 6.04 Å². The summed E-state index contributed by atoms with van der Waals surface area (Å²) in [6, 6.07) is 3.39. The van der Waals surface area contributed by atoms with Gasteiger partial charge in [-0.2, -0.15) is 0 Å². The van der Waals surface area contributed by atoms with Crippen molar-refractivity contribution >= 4 is 5.97 Å². The van der Waals surface area contributed by atoms with Gasteiger partial charge in [-0.25, -0.2) is 0 Å². The number of carbonyl (C=O) groups is 1. The summed E-state index contributed by atoms with van der Waals surface area (Å²) in [5, 5.41) is 0. The fourth-order valence-electron chi connectivity index (χ4n) is 1.61. The van der Waals surface area contributed by atoms with Gasteiger partial charge in [0, 0.05) is 0 Å². The van der Waals surface area contributed by atoms with E-state index in [0.29, 0.717) is 5.56 Å². The minimum atomic E-state index is -3.65. The molecule has 0 fully saturated rings. The third-order valence-corrected chi connectivity index (χ3v) is 2.43. The van der Waals surface area contributed by atoms with Crippen molar-refractivity contribution in [2.45, 2.75) is 18.8 Å². The van der Waals surface area contributed by atoms with Crippen LogP contribution in [0.25, 0.3) is 0 Å². The van der Waals surface area contributed by atoms with Crippen LogP contribution in [0.4, 0.5) is 8.78 Å². The lowest BCUT2D eigenvalue weighted by atomic mass is 10.1. The van der Waals surface area contributed by atoms with E-state index in [4.69, 9.17) is 5.73 Å². The molecule has 0 amide bonds. The van der Waals surface area contributed by atoms with Crippen molar-refractivity contribution in [1.82, 2.24) is 0 Å². The normalized spacial score (nSPS) is 17.3. The zero-order valence-electron chi connectivity index (χ0n) is 9.48. The first-order chi connectivity index (χ1) is 8.41. The quantitative estimate of drug-likeness (QED) is 0.821. The van der Waals surface area contributed by atoms with Gasteiger partial charge in [-0.05, 0) is 24.1 Å². The smallest absolute Gasteiger partial charge is 0.468 e. The van der Waals surface area contributed by atoms with Crippen LogP contribution in [0.5, 0.6) is 11.5 Å². The molecule has 1 aromatic carbocycles. The van der Waals surface area contributed by atoms with E-state index in [2.05, 4.69) is 14.2 Å². The molecule has 0 aliphatic carbocycles. The molecule has 1 aromatic rings. The van der Waals surface area contributed by atoms with E-state index >= 15 is 0 Å². The lowest BCUT2D eigenvalue weighted by molar-refractivity contribution is -0.286. The van der Waals surface area contributed by atoms with Gasteiger partial charge in [0.05, 0.1) is 7.11 Å². The van der Waals surface area contributed by atoms with Gasteiger partial charge in [0.2, 0.25) is 0 Å². The highest BCUT2D eigenvalue weighted by molar-refractivity contribution is 5.75. The highest BCUT2D eigenvalue weighted by Crippen LogP contribution is 2.41. The van der Waals surface area contributed by atoms with E-state index in [-0.39, 0.29) is 17.9 Å². The van der Waals surface area contributed by atoms with Crippen molar-refractivity contribution in [3.63, 3.8) is 0 Å². The lowest BCUT2D eigenvalue weighted by Crippen LogP contribution is -2.33. The SMILES string of the molecule is COC(=O)[C@H](N)Cc1ccc2c(c1)OC(F)(F)O2. The summed E-state index contributed by atoms with van der Waals surface area (Å²) < 4.78 is 38.5. The third-order valence-electron chi connectivity index (χ3n) is 2.43. The van der Waals surface area contributed by atoms with Gasteiger partial charge < -0.3 is 19.9 Å². The molecule has 98 valence electrons. The number of alkyl halides is 2. The Hall–Kier alpha value is -1.89. The Morgan fingerprint density at radius 1 is 1.44 bits per heavy atom. The standard InChI is InChI=1S/C11H11F2NO4/c1-16-10(15)7(14)4-6-2-3-8-9(5-6)18-11(12,13)17-8/h2-3,5,7H,4,14H2,1H3/t7-/m1/s1. The number of halogens is 2. The zero-order chi connectivity index (χ0) is 13.3. The average molecular weight is 259 g/mol. The largest absolute Gasteiger partial charge is 0.586 e. The number of hydrogen-bond acceptors (Lipinski definition) is 5. The fourth-order valence-corrected chi connectivity index (χ4v) is 1.61. The summed E-state index contributed by atoms with van der Waals surface area (Å²) in [5.41, 5.74) is 6.14. The fraction of sp³-hybridized carbons (Fsp3) is 0.364. The number of benzene rings is 1. The highest BCUT2D eigenvalue weighted by atomic mass is 19.3. The molecule has 0 saturated heterocycles. The molecule has 2 N–H and O–H groups in total. The Bertz CT molecular complexity index is 478. The molecule has 18 heavy (non-hydrogen) atoms. The molecule has 0 radical (unpaired) electrons. The predicted octanol–water partition coefficient (Wildman–Crippen LogP) is 1.05. The second-order valence-electron chi connectivity index (χ2n) is 3.78. The summed E-state index contributed by atoms with van der Waals surface area (Å²) in [7, 11) is 1.22. The number of fused-ring (bicyclic) bond motifs is 1. The summed E-state index contributed by atoms with van der Waals surface area (Å²) >= 11 is 0. The maximum Gasteiger partial charge on any atom is 0.586 e. The van der Waals surface area contributed by atoms with Crippen molar-refractivity contribution in [2.24, 2.45) is 5.73 Å². The summed E-state index contributed by atoms with van der Waals surface area (Å²) in [4.78, 5) is 11.1. The van der Waals surface area contributed by atoms with Crippen molar-refractivity contribution in [1.29, 1.82) is 0 Å². The molecule has 0 aromatic heterocycles. The predicted molar refractivity (Wildman–Crippen MR) is 56.3 cm³/mol. The average Bonchev–Trinajstić information content (AvgIpc) is 2.61. The zero-order valence-corrected chi connectivity index (χ0v) is 9.48. The molecule has 2 rings (SSSR count). The van der Waals surface area contributed by atoms with Gasteiger partial charge in [0.25, 0.3) is 0 Å². The van der Waals surface area contributed by atoms with Gasteiger partial charge in [0.15, 0.2) is 11.5 Å². The van der Waals surface area contributed by atoms with Crippen LogP contribution in [0.3, 0.4) is 0 Å². The van der Waals surface area contributed by atoms with Crippen LogP contribution in [0.1, 0.15) is 5.56 Å². The molecule has 0 bridgehead atoms. The first kappa shape index (κ1) is 12.6. The van der Waals surface area contributed by atoms with Crippen LogP contribution in [0.15, 0.2) is 18.2 Å². The van der Waals surface area contributed by atoms with Gasteiger partial charge >= 0.3 is 12.3 Å². The van der Waals surface area contributed by atoms with Crippen molar-refractivity contribution in [3.8, 4) is 11.5 Å². The topological polar surface area (TPSA) is 70.8 Å². The van der Waals surface area contributed by atoms with Gasteiger partial charge in [-0.3, -0.25) is 4.79 Å². The van der Waals surface area contributed by atoms with E-state index in [1.54, 1.807) is 0 Å². The number of hydrogen-bond donors (Lipinski definition) is 1. The minimum Gasteiger partial charge on any atom is -0.468 e. The maximum absolute atomic E-state index is 12.8. The minimum absolute atomic E-state index is 0.0459. The summed E-state index contributed by atoms with van der Waals surface area (Å²) in [6.07, 6.45) is -3.49. The molecular weight excluding hydrogens is 248 g/mol. The molecular formula is C11H11F2NO4. The Balaban J connectivity index is 2.12. The highest BCUT2D eigenvalue weighted by Gasteiger charge is 2.43. The van der Waals surface area contributed by atoms with Crippen LogP contribution in [0, 0.1) is 0 Å². The molecule has 0 spiro atoms. The second-order valence-corrected chi connectivity index (χ2v) is 3.78. The Morgan fingerprint density at radius 3 is 2.78 bits per heavy atom. The Kier molecular flexibility index (Phi) is 3.08. The van der Waals surface area contributed by atoms with Crippen LogP contribution in [-0.2, 0) is 16.0 Å². The van der Waals surface area contributed by atoms with Crippen LogP contribution in [-0.4, -0.2) is 25.4 Å². The van der Waals surface area contributed by atoms with Crippen LogP contribution in [0.2, 0.25) is 0 Å². The molecule has 0 unspecified atom stereocenters. The monoisotopic (exact) mass is 259 g/mol. The number of rotatable bonds is 3. The number of methoxy groups -OCH3 is 1. The van der Waals surface area contributed by atoms with Crippen molar-refractivity contribution < 1.29 is 27.8 Å². The second kappa shape index (κ2) is 4.41. The van der Waals surface area contributed by atoms with Crippen molar-refractivity contribution in [3.05, 3.63) is 23.8 Å². The van der Waals surface area contributed by atoms with E-state index < -0.39 is 18.3 Å². The molecule has 0 saturated carbocycles. The number of carbonyl (C=O) groups excluding carboxylic acids is 1. The number of ether oxygens (including phenoxy) is 3. The molecule has 1 aliphatic heterocycles. The first-order valence-electron chi connectivity index (χ1n) is 5.13. The van der Waals surface area contributed by atoms with E-state index in [9.17, 15) is 13.6 Å². The Labute approximate surface area is 101 Å².